The number of hydrogen-bond acceptors (Lipinski definition) is 1. The smallest absolute Gasteiger partial charge is 0.0163 e. The summed E-state index contributed by atoms with van der Waals surface area (Å²) >= 11 is 1.96. The highest BCUT2D eigenvalue weighted by molar-refractivity contribution is 7.12. The summed E-state index contributed by atoms with van der Waals surface area (Å²) in [7, 11) is 0. The van der Waals surface area contributed by atoms with Gasteiger partial charge in [-0.3, -0.25) is 0 Å². The third-order valence-corrected chi connectivity index (χ3v) is 3.83. The van der Waals surface area contributed by atoms with Crippen LogP contribution in [0.4, 0.5) is 0 Å². The number of hydrogen-bond donors (Lipinski definition) is 0. The second-order valence-corrected chi connectivity index (χ2v) is 5.91. The van der Waals surface area contributed by atoms with Gasteiger partial charge in [0, 0.05) is 28.5 Å². The molecule has 1 unspecified atom stereocenters. The standard InChI is InChI=1S/C15H22S/c1-5-6-7-8-13(4)15-10-9-14(16-15)11-12(2)3/h9-10,12-13H,5,8,11H2,1-4H3. The minimum Gasteiger partial charge on any atom is -0.145 e. The molecule has 0 bridgehead atoms. The van der Waals surface area contributed by atoms with Crippen molar-refractivity contribution in [3.05, 3.63) is 21.9 Å². The van der Waals surface area contributed by atoms with E-state index >= 15 is 0 Å². The normalized spacial score (nSPS) is 12.3. The van der Waals surface area contributed by atoms with Crippen LogP contribution in [0.3, 0.4) is 0 Å². The Labute approximate surface area is 104 Å². The van der Waals surface area contributed by atoms with Crippen LogP contribution in [0.15, 0.2) is 12.1 Å². The highest BCUT2D eigenvalue weighted by Gasteiger charge is 2.08. The molecular formula is C15H22S. The fourth-order valence-corrected chi connectivity index (χ4v) is 2.90. The molecule has 0 aliphatic heterocycles. The van der Waals surface area contributed by atoms with Gasteiger partial charge < -0.3 is 0 Å². The van der Waals surface area contributed by atoms with E-state index in [0.29, 0.717) is 5.92 Å². The van der Waals surface area contributed by atoms with Crippen molar-refractivity contribution in [1.29, 1.82) is 0 Å². The maximum atomic E-state index is 3.24. The lowest BCUT2D eigenvalue weighted by Gasteiger charge is -2.04. The molecule has 0 N–H and O–H groups in total. The van der Waals surface area contributed by atoms with E-state index in [4.69, 9.17) is 0 Å². The van der Waals surface area contributed by atoms with Crippen LogP contribution in [0.5, 0.6) is 0 Å². The van der Waals surface area contributed by atoms with Crippen molar-refractivity contribution < 1.29 is 0 Å². The van der Waals surface area contributed by atoms with E-state index in [9.17, 15) is 0 Å². The zero-order chi connectivity index (χ0) is 12.0. The highest BCUT2D eigenvalue weighted by atomic mass is 32.1. The summed E-state index contributed by atoms with van der Waals surface area (Å²) in [6, 6.07) is 4.56. The average Bonchev–Trinajstić information content (AvgIpc) is 2.65. The van der Waals surface area contributed by atoms with E-state index in [1.165, 1.54) is 16.2 Å². The first-order valence-electron chi connectivity index (χ1n) is 6.17. The van der Waals surface area contributed by atoms with E-state index < -0.39 is 0 Å². The molecule has 0 aliphatic carbocycles. The quantitative estimate of drug-likeness (QED) is 0.653. The molecule has 0 saturated carbocycles. The number of thiophene rings is 1. The van der Waals surface area contributed by atoms with Gasteiger partial charge in [-0.15, -0.1) is 23.2 Å². The molecule has 1 heteroatoms. The fraction of sp³-hybridized carbons (Fsp3) is 0.600. The van der Waals surface area contributed by atoms with Crippen LogP contribution in [-0.4, -0.2) is 0 Å². The lowest BCUT2D eigenvalue weighted by molar-refractivity contribution is 0.654. The molecule has 0 aromatic carbocycles. The van der Waals surface area contributed by atoms with Crippen LogP contribution in [-0.2, 0) is 6.42 Å². The monoisotopic (exact) mass is 234 g/mol. The molecule has 0 nitrogen and oxygen atoms in total. The minimum absolute atomic E-state index is 0.588. The highest BCUT2D eigenvalue weighted by Crippen LogP contribution is 2.28. The van der Waals surface area contributed by atoms with Crippen molar-refractivity contribution >= 4 is 11.3 Å². The van der Waals surface area contributed by atoms with Gasteiger partial charge in [0.2, 0.25) is 0 Å². The van der Waals surface area contributed by atoms with Crippen molar-refractivity contribution in [2.24, 2.45) is 5.92 Å². The fourth-order valence-electron chi connectivity index (χ4n) is 1.62. The Morgan fingerprint density at radius 2 is 1.94 bits per heavy atom. The summed E-state index contributed by atoms with van der Waals surface area (Å²) in [5, 5.41) is 0. The summed E-state index contributed by atoms with van der Waals surface area (Å²) < 4.78 is 0. The van der Waals surface area contributed by atoms with Gasteiger partial charge in [0.15, 0.2) is 0 Å². The molecule has 88 valence electrons. The van der Waals surface area contributed by atoms with E-state index in [1.54, 1.807) is 0 Å². The summed E-state index contributed by atoms with van der Waals surface area (Å²) in [4.78, 5) is 3.00. The third-order valence-electron chi connectivity index (χ3n) is 2.49. The Morgan fingerprint density at radius 1 is 1.19 bits per heavy atom. The summed E-state index contributed by atoms with van der Waals surface area (Å²) in [5.41, 5.74) is 0. The van der Waals surface area contributed by atoms with Crippen LogP contribution in [0.25, 0.3) is 0 Å². The van der Waals surface area contributed by atoms with Crippen LogP contribution in [0.2, 0.25) is 0 Å². The van der Waals surface area contributed by atoms with Gasteiger partial charge in [0.05, 0.1) is 0 Å². The zero-order valence-electron chi connectivity index (χ0n) is 10.8. The molecule has 0 spiro atoms. The van der Waals surface area contributed by atoms with E-state index in [-0.39, 0.29) is 0 Å². The summed E-state index contributed by atoms with van der Waals surface area (Å²) in [6.07, 6.45) is 3.17. The van der Waals surface area contributed by atoms with Crippen LogP contribution >= 0.6 is 11.3 Å². The maximum Gasteiger partial charge on any atom is 0.0163 e. The minimum atomic E-state index is 0.588. The Bertz CT molecular complexity index is 362. The first-order valence-corrected chi connectivity index (χ1v) is 6.99. The van der Waals surface area contributed by atoms with Gasteiger partial charge in [-0.05, 0) is 24.5 Å². The molecule has 1 rings (SSSR count). The lowest BCUT2D eigenvalue weighted by atomic mass is 10.1. The van der Waals surface area contributed by atoms with Crippen LogP contribution in [0.1, 0.15) is 56.2 Å². The van der Waals surface area contributed by atoms with Crippen molar-refractivity contribution in [3.63, 3.8) is 0 Å². The van der Waals surface area contributed by atoms with E-state index in [0.717, 1.165) is 18.8 Å². The third kappa shape index (κ3) is 4.41. The Kier molecular flexibility index (Phi) is 5.63. The molecule has 1 aromatic heterocycles. The van der Waals surface area contributed by atoms with Gasteiger partial charge in [-0.25, -0.2) is 0 Å². The predicted octanol–water partition coefficient (Wildman–Crippen LogP) is 4.85. The Hall–Kier alpha value is -0.740. The molecule has 0 amide bonds. The van der Waals surface area contributed by atoms with Crippen LogP contribution < -0.4 is 0 Å². The van der Waals surface area contributed by atoms with Crippen molar-refractivity contribution in [1.82, 2.24) is 0 Å². The average molecular weight is 234 g/mol. The topological polar surface area (TPSA) is 0 Å². The molecule has 0 saturated heterocycles. The van der Waals surface area contributed by atoms with Gasteiger partial charge in [-0.1, -0.05) is 27.7 Å². The molecule has 0 radical (unpaired) electrons. The van der Waals surface area contributed by atoms with Gasteiger partial charge in [0.1, 0.15) is 0 Å². The van der Waals surface area contributed by atoms with E-state index in [1.807, 2.05) is 11.3 Å². The van der Waals surface area contributed by atoms with E-state index in [2.05, 4.69) is 51.7 Å². The van der Waals surface area contributed by atoms with Gasteiger partial charge in [-0.2, -0.15) is 0 Å². The molecule has 1 atom stereocenters. The predicted molar refractivity (Wildman–Crippen MR) is 74.0 cm³/mol. The molecule has 0 aliphatic rings. The molecule has 1 heterocycles. The second kappa shape index (κ2) is 6.76. The number of rotatable bonds is 4. The Balaban J connectivity index is 2.56. The first kappa shape index (κ1) is 13.3. The first-order chi connectivity index (χ1) is 7.63. The molecular weight excluding hydrogens is 212 g/mol. The van der Waals surface area contributed by atoms with Gasteiger partial charge in [0.25, 0.3) is 0 Å². The molecule has 1 aromatic rings. The van der Waals surface area contributed by atoms with Crippen molar-refractivity contribution in [3.8, 4) is 11.8 Å². The SMILES string of the molecule is CCC#CCC(C)c1ccc(CC(C)C)s1. The summed E-state index contributed by atoms with van der Waals surface area (Å²) in [5.74, 6) is 7.72. The summed E-state index contributed by atoms with van der Waals surface area (Å²) in [6.45, 7) is 8.92. The lowest BCUT2D eigenvalue weighted by Crippen LogP contribution is -1.90. The zero-order valence-corrected chi connectivity index (χ0v) is 11.7. The second-order valence-electron chi connectivity index (χ2n) is 4.71. The maximum absolute atomic E-state index is 3.24. The van der Waals surface area contributed by atoms with Crippen molar-refractivity contribution in [2.45, 2.75) is 52.9 Å². The largest absolute Gasteiger partial charge is 0.145 e. The Morgan fingerprint density at radius 3 is 2.56 bits per heavy atom. The van der Waals surface area contributed by atoms with Crippen LogP contribution in [0, 0.1) is 17.8 Å². The van der Waals surface area contributed by atoms with Gasteiger partial charge >= 0.3 is 0 Å². The molecule has 0 fully saturated rings. The van der Waals surface area contributed by atoms with Crippen molar-refractivity contribution in [2.75, 3.05) is 0 Å². The molecule has 16 heavy (non-hydrogen) atoms.